The number of rotatable bonds is 28. The first-order valence-corrected chi connectivity index (χ1v) is 38.3. The van der Waals surface area contributed by atoms with Gasteiger partial charge in [-0.1, -0.05) is 12.1 Å². The minimum Gasteiger partial charge on any atom is -0.427 e. The summed E-state index contributed by atoms with van der Waals surface area (Å²) in [5.41, 5.74) is -1.63. The SMILES string of the molecule is CC(=O)Oc1ccc(OC(=O)c2ccc(OC(=O)c3cc(OC(=O)c4ccc(OC(C)=O)cc4)cc(OC(=O)c4ccc(OC(=O)c5cccc(C(=O)Oc6ccc(OC(=O)c7cc(C(=O)Oc8ccc(OC(=O)c9ccc(OC(C)=O)cc9)cc8)cc(C(=O)Oc8ccc(OC(=O)c9cccc(C(=O)Oc%10ccc(OC(C)=O)cc%10)c9)cc8)c7)cc6)c5)cc4)c3)cc2)cc1. The van der Waals surface area contributed by atoms with Crippen molar-refractivity contribution in [3.63, 3.8) is 0 Å². The van der Waals surface area contributed by atoms with Crippen LogP contribution in [0.2, 0.25) is 0 Å². The van der Waals surface area contributed by atoms with Gasteiger partial charge >= 0.3 is 95.5 Å². The number of ether oxygens (including phenoxy) is 16. The van der Waals surface area contributed by atoms with Crippen LogP contribution in [0.5, 0.6) is 92.0 Å². The molecular weight excluding hydrogens is 1690 g/mol. The zero-order chi connectivity index (χ0) is 92.1. The summed E-state index contributed by atoms with van der Waals surface area (Å²) in [4.78, 5) is 208. The van der Waals surface area contributed by atoms with E-state index in [4.69, 9.17) is 75.8 Å². The van der Waals surface area contributed by atoms with Gasteiger partial charge in [0.1, 0.15) is 92.0 Å². The molecule has 0 aliphatic carbocycles. The lowest BCUT2D eigenvalue weighted by Crippen LogP contribution is -2.17. The maximum Gasteiger partial charge on any atom is 0.343 e. The van der Waals surface area contributed by atoms with Crippen LogP contribution in [0.25, 0.3) is 0 Å². The molecule has 0 fully saturated rings. The van der Waals surface area contributed by atoms with E-state index in [1.807, 2.05) is 0 Å². The van der Waals surface area contributed by atoms with Crippen molar-refractivity contribution in [2.75, 3.05) is 0 Å². The van der Waals surface area contributed by atoms with Gasteiger partial charge in [-0.05, 0) is 285 Å². The number of benzene rings is 13. The van der Waals surface area contributed by atoms with Crippen molar-refractivity contribution in [2.45, 2.75) is 27.7 Å². The van der Waals surface area contributed by atoms with E-state index in [1.54, 1.807) is 0 Å². The predicted molar refractivity (Wildman–Crippen MR) is 448 cm³/mol. The molecule has 32 heteroatoms. The van der Waals surface area contributed by atoms with Crippen LogP contribution in [0.1, 0.15) is 152 Å². The Balaban J connectivity index is 0.638. The topological polar surface area (TPSA) is 421 Å². The molecule has 13 rings (SSSR count). The summed E-state index contributed by atoms with van der Waals surface area (Å²) in [5.74, 6) is -13.7. The minimum atomic E-state index is -1.12. The van der Waals surface area contributed by atoms with Crippen LogP contribution in [0.15, 0.2) is 303 Å². The van der Waals surface area contributed by atoms with E-state index in [9.17, 15) is 76.7 Å². The van der Waals surface area contributed by atoms with Crippen molar-refractivity contribution in [2.24, 2.45) is 0 Å². The highest BCUT2D eigenvalue weighted by Gasteiger charge is 2.26. The first kappa shape index (κ1) is 89.1. The predicted octanol–water partition coefficient (Wildman–Crippen LogP) is 16.0. The second kappa shape index (κ2) is 41.0. The highest BCUT2D eigenvalue weighted by molar-refractivity contribution is 6.04. The van der Waals surface area contributed by atoms with Gasteiger partial charge in [-0.2, -0.15) is 0 Å². The molecule has 0 N–H and O–H groups in total. The molecule has 0 heterocycles. The molecule has 0 amide bonds. The molecule has 0 aliphatic rings. The number of esters is 16. The van der Waals surface area contributed by atoms with Gasteiger partial charge in [-0.3, -0.25) is 19.2 Å². The van der Waals surface area contributed by atoms with Gasteiger partial charge in [0.25, 0.3) is 0 Å². The monoisotopic (exact) mass is 1750 g/mol. The molecule has 32 nitrogen and oxygen atoms in total. The van der Waals surface area contributed by atoms with E-state index in [-0.39, 0.29) is 159 Å². The summed E-state index contributed by atoms with van der Waals surface area (Å²) in [7, 11) is 0. The molecule has 0 unspecified atom stereocenters. The molecule has 0 aromatic heterocycles. The number of hydrogen-bond acceptors (Lipinski definition) is 32. The third-order valence-electron chi connectivity index (χ3n) is 17.5. The van der Waals surface area contributed by atoms with Crippen LogP contribution < -0.4 is 75.8 Å². The maximum absolute atomic E-state index is 14.1. The standard InChI is InChI=1S/C98H62O32/c1-55(99)115-71-19-11-59(12-20-71)87(103)120-78-35-41-82(42-36-78)126-95(111)67-49-68(51-69(50-67)97(113)128-84-45-39-81(40-46-84)124-94(110)66-10-6-9-65(48-66)92(108)122-79-33-29-74(30-34-79)118-58(4)102)96(112)127-83-43-37-80(38-44-83)123-93(109)64-8-5-7-63(47-64)91(107)121-75-23-17-62(18-24-75)90(106)130-86-53-70(52-85(54-86)129-89(105)61-13-21-72(22-14-61)116-56(2)100)98(114)125-76-25-15-60(16-26-76)88(104)119-77-31-27-73(28-32-77)117-57(3)101/h5-54H,1-4H3. The fraction of sp³-hybridized carbons (Fsp3) is 0.0408. The first-order chi connectivity index (χ1) is 62.5. The van der Waals surface area contributed by atoms with E-state index in [1.165, 1.54) is 295 Å². The van der Waals surface area contributed by atoms with Crippen LogP contribution >= 0.6 is 0 Å². The Bertz CT molecular complexity index is 6600. The van der Waals surface area contributed by atoms with Gasteiger partial charge in [0.15, 0.2) is 0 Å². The summed E-state index contributed by atoms with van der Waals surface area (Å²) in [6.45, 7) is 4.88. The fourth-order valence-corrected chi connectivity index (χ4v) is 11.5. The zero-order valence-electron chi connectivity index (χ0n) is 67.9. The third kappa shape index (κ3) is 24.9. The minimum absolute atomic E-state index is 0.00331. The lowest BCUT2D eigenvalue weighted by Gasteiger charge is -2.12. The zero-order valence-corrected chi connectivity index (χ0v) is 67.9. The number of carbonyl (C=O) groups is 16. The lowest BCUT2D eigenvalue weighted by molar-refractivity contribution is -0.132. The molecule has 0 spiro atoms. The summed E-state index contributed by atoms with van der Waals surface area (Å²) >= 11 is 0. The normalized spacial score (nSPS) is 10.5. The largest absolute Gasteiger partial charge is 0.427 e. The van der Waals surface area contributed by atoms with Crippen LogP contribution in [0.4, 0.5) is 0 Å². The molecule has 130 heavy (non-hydrogen) atoms. The highest BCUT2D eigenvalue weighted by Crippen LogP contribution is 2.32. The van der Waals surface area contributed by atoms with Gasteiger partial charge < -0.3 is 75.8 Å². The molecule has 0 radical (unpaired) electrons. The summed E-state index contributed by atoms with van der Waals surface area (Å²) in [5, 5.41) is 0. The Morgan fingerprint density at radius 1 is 0.123 bits per heavy atom. The quantitative estimate of drug-likeness (QED) is 0.0324. The van der Waals surface area contributed by atoms with Crippen LogP contribution in [0.3, 0.4) is 0 Å². The van der Waals surface area contributed by atoms with Gasteiger partial charge in [0, 0.05) is 33.8 Å². The molecule has 646 valence electrons. The Hall–Kier alpha value is -18.6. The Morgan fingerprint density at radius 3 is 0.415 bits per heavy atom. The summed E-state index contributed by atoms with van der Waals surface area (Å²) in [6.07, 6.45) is 0. The fourth-order valence-electron chi connectivity index (χ4n) is 11.5. The molecule has 13 aromatic carbocycles. The Kier molecular flexibility index (Phi) is 28.1. The Morgan fingerprint density at radius 2 is 0.246 bits per heavy atom. The van der Waals surface area contributed by atoms with E-state index in [0.29, 0.717) is 0 Å². The van der Waals surface area contributed by atoms with Crippen molar-refractivity contribution in [1.82, 2.24) is 0 Å². The lowest BCUT2D eigenvalue weighted by atomic mass is 10.1. The molecule has 0 bridgehead atoms. The average molecular weight is 1750 g/mol. The van der Waals surface area contributed by atoms with E-state index in [2.05, 4.69) is 0 Å². The van der Waals surface area contributed by atoms with Crippen molar-refractivity contribution < 1.29 is 153 Å². The molecule has 0 saturated carbocycles. The van der Waals surface area contributed by atoms with E-state index < -0.39 is 95.5 Å². The molecule has 0 saturated heterocycles. The Labute approximate surface area is 734 Å². The van der Waals surface area contributed by atoms with Crippen LogP contribution in [-0.2, 0) is 19.2 Å². The number of carbonyl (C=O) groups excluding carboxylic acids is 16. The van der Waals surface area contributed by atoms with Crippen molar-refractivity contribution in [3.05, 3.63) is 370 Å². The summed E-state index contributed by atoms with van der Waals surface area (Å²) < 4.78 is 86.7. The van der Waals surface area contributed by atoms with Gasteiger partial charge in [0.05, 0.1) is 66.8 Å². The molecule has 0 atom stereocenters. The molecule has 0 aliphatic heterocycles. The smallest absolute Gasteiger partial charge is 0.343 e. The second-order valence-electron chi connectivity index (χ2n) is 27.2. The van der Waals surface area contributed by atoms with Gasteiger partial charge in [0.2, 0.25) is 0 Å². The average Bonchev–Trinajstić information content (AvgIpc) is 0.832. The van der Waals surface area contributed by atoms with Crippen LogP contribution in [-0.4, -0.2) is 95.5 Å². The maximum atomic E-state index is 14.1. The van der Waals surface area contributed by atoms with Gasteiger partial charge in [-0.15, -0.1) is 0 Å². The van der Waals surface area contributed by atoms with Crippen molar-refractivity contribution in [3.8, 4) is 92.0 Å². The summed E-state index contributed by atoms with van der Waals surface area (Å²) in [6, 6.07) is 65.2. The third-order valence-corrected chi connectivity index (χ3v) is 17.5. The van der Waals surface area contributed by atoms with Crippen molar-refractivity contribution in [1.29, 1.82) is 0 Å². The van der Waals surface area contributed by atoms with Crippen molar-refractivity contribution >= 4 is 95.5 Å². The number of hydrogen-bond donors (Lipinski definition) is 0. The van der Waals surface area contributed by atoms with E-state index >= 15 is 0 Å². The molecular formula is C98H62O32. The highest BCUT2D eigenvalue weighted by atomic mass is 16.6. The van der Waals surface area contributed by atoms with E-state index in [0.717, 1.165) is 36.4 Å². The first-order valence-electron chi connectivity index (χ1n) is 38.3. The van der Waals surface area contributed by atoms with Crippen LogP contribution in [0, 0.1) is 0 Å². The van der Waals surface area contributed by atoms with Gasteiger partial charge in [-0.25, -0.2) is 57.5 Å². The molecule has 13 aromatic rings. The second-order valence-corrected chi connectivity index (χ2v) is 27.2.